The Labute approximate surface area is 188 Å². The van der Waals surface area contributed by atoms with Crippen molar-refractivity contribution in [3.63, 3.8) is 0 Å². The zero-order valence-electron chi connectivity index (χ0n) is 18.0. The van der Waals surface area contributed by atoms with Gasteiger partial charge in [0.05, 0.1) is 6.54 Å². The summed E-state index contributed by atoms with van der Waals surface area (Å²) in [6.45, 7) is 14.9. The maximum atomic E-state index is 6.03. The van der Waals surface area contributed by atoms with Crippen LogP contribution in [-0.4, -0.2) is 54.6 Å². The van der Waals surface area contributed by atoms with E-state index >= 15 is 0 Å². The van der Waals surface area contributed by atoms with Gasteiger partial charge >= 0.3 is 0 Å². The van der Waals surface area contributed by atoms with E-state index in [1.807, 2.05) is 6.20 Å². The summed E-state index contributed by atoms with van der Waals surface area (Å²) >= 11 is 0. The number of guanidine groups is 1. The van der Waals surface area contributed by atoms with Crippen molar-refractivity contribution in [2.45, 2.75) is 59.5 Å². The second kappa shape index (κ2) is 13.2. The third-order valence-corrected chi connectivity index (χ3v) is 5.20. The molecule has 1 aromatic heterocycles. The first kappa shape index (κ1) is 24.9. The van der Waals surface area contributed by atoms with Gasteiger partial charge in [-0.25, -0.2) is 9.98 Å². The van der Waals surface area contributed by atoms with Crippen molar-refractivity contribution in [1.29, 1.82) is 0 Å². The van der Waals surface area contributed by atoms with Gasteiger partial charge in [0.25, 0.3) is 0 Å². The Hall–Kier alpha value is -1.09. The van der Waals surface area contributed by atoms with E-state index in [0.29, 0.717) is 18.5 Å². The van der Waals surface area contributed by atoms with E-state index in [-0.39, 0.29) is 24.0 Å². The Kier molecular flexibility index (Phi) is 11.8. The third-order valence-electron chi connectivity index (χ3n) is 5.20. The van der Waals surface area contributed by atoms with Crippen molar-refractivity contribution in [2.24, 2.45) is 16.6 Å². The summed E-state index contributed by atoms with van der Waals surface area (Å²) < 4.78 is 0. The summed E-state index contributed by atoms with van der Waals surface area (Å²) in [5, 5.41) is 3.29. The average molecular weight is 502 g/mol. The molecule has 1 aliphatic rings. The highest BCUT2D eigenvalue weighted by Crippen LogP contribution is 2.14. The van der Waals surface area contributed by atoms with Gasteiger partial charge in [0, 0.05) is 38.4 Å². The molecule has 0 saturated carbocycles. The normalized spacial score (nSPS) is 16.8. The first-order valence-electron chi connectivity index (χ1n) is 10.5. The lowest BCUT2D eigenvalue weighted by atomic mass is 10.0. The molecule has 3 N–H and O–H groups in total. The number of anilines is 1. The van der Waals surface area contributed by atoms with E-state index in [1.54, 1.807) is 0 Å². The number of pyridine rings is 1. The fourth-order valence-electron chi connectivity index (χ4n) is 3.37. The molecule has 0 amide bonds. The van der Waals surface area contributed by atoms with E-state index in [9.17, 15) is 0 Å². The molecule has 1 fully saturated rings. The van der Waals surface area contributed by atoms with Crippen molar-refractivity contribution in [3.05, 3.63) is 23.9 Å². The molecule has 0 bridgehead atoms. The number of nitrogens with two attached hydrogens (primary N) is 1. The maximum Gasteiger partial charge on any atom is 0.189 e. The predicted octanol–water partition coefficient (Wildman–Crippen LogP) is 3.46. The van der Waals surface area contributed by atoms with Crippen LogP contribution < -0.4 is 16.0 Å². The smallest absolute Gasteiger partial charge is 0.189 e. The molecule has 28 heavy (non-hydrogen) atoms. The summed E-state index contributed by atoms with van der Waals surface area (Å²) in [5.74, 6) is 2.34. The van der Waals surface area contributed by atoms with Crippen molar-refractivity contribution in [1.82, 2.24) is 15.2 Å². The summed E-state index contributed by atoms with van der Waals surface area (Å²) in [5.41, 5.74) is 7.12. The van der Waals surface area contributed by atoms with Gasteiger partial charge in [-0.2, -0.15) is 0 Å². The van der Waals surface area contributed by atoms with Crippen molar-refractivity contribution >= 4 is 35.8 Å². The van der Waals surface area contributed by atoms with Crippen LogP contribution in [0.25, 0.3) is 0 Å². The molecule has 1 atom stereocenters. The third kappa shape index (κ3) is 8.94. The second-order valence-electron chi connectivity index (χ2n) is 8.02. The molecule has 7 heteroatoms. The Morgan fingerprint density at radius 3 is 2.46 bits per heavy atom. The molecular weight excluding hydrogens is 463 g/mol. The Balaban J connectivity index is 0.00000392. The summed E-state index contributed by atoms with van der Waals surface area (Å²) in [6, 6.07) is 4.57. The summed E-state index contributed by atoms with van der Waals surface area (Å²) in [6.07, 6.45) is 5.52. The number of aliphatic imine (C=N–C) groups is 1. The number of hydrogen-bond donors (Lipinski definition) is 2. The standard InChI is InChI=1S/C21H38N6.HI/c1-5-26-11-13-27(14-12-26)20-10-9-19(15-23-20)16-24-21(22)25-18(4)8-6-7-17(2)3;/h9-10,15,17-18H,5-8,11-14,16H2,1-4H3,(H3,22,24,25);1H. The number of halogens is 1. The van der Waals surface area contributed by atoms with Crippen LogP contribution in [0.2, 0.25) is 0 Å². The Morgan fingerprint density at radius 2 is 1.89 bits per heavy atom. The molecule has 1 unspecified atom stereocenters. The van der Waals surface area contributed by atoms with E-state index in [1.165, 1.54) is 12.8 Å². The maximum absolute atomic E-state index is 6.03. The van der Waals surface area contributed by atoms with Gasteiger partial charge in [-0.05, 0) is 37.4 Å². The molecular formula is C21H39IN6. The SMILES string of the molecule is CCN1CCN(c2ccc(CN=C(N)NC(C)CCCC(C)C)cn2)CC1.I. The van der Waals surface area contributed by atoms with Gasteiger partial charge in [0.1, 0.15) is 5.82 Å². The summed E-state index contributed by atoms with van der Waals surface area (Å²) in [4.78, 5) is 13.9. The monoisotopic (exact) mass is 502 g/mol. The second-order valence-corrected chi connectivity index (χ2v) is 8.02. The number of hydrogen-bond acceptors (Lipinski definition) is 4. The number of piperazine rings is 1. The van der Waals surface area contributed by atoms with Gasteiger partial charge in [0.2, 0.25) is 0 Å². The van der Waals surface area contributed by atoms with Gasteiger partial charge in [0.15, 0.2) is 5.96 Å². The molecule has 1 aliphatic heterocycles. The predicted molar refractivity (Wildman–Crippen MR) is 131 cm³/mol. The number of aromatic nitrogens is 1. The largest absolute Gasteiger partial charge is 0.370 e. The molecule has 0 aliphatic carbocycles. The fourth-order valence-corrected chi connectivity index (χ4v) is 3.37. The molecule has 0 radical (unpaired) electrons. The Morgan fingerprint density at radius 1 is 1.18 bits per heavy atom. The van der Waals surface area contributed by atoms with Gasteiger partial charge in [-0.3, -0.25) is 0 Å². The van der Waals surface area contributed by atoms with Gasteiger partial charge < -0.3 is 20.9 Å². The lowest BCUT2D eigenvalue weighted by molar-refractivity contribution is 0.270. The molecule has 160 valence electrons. The fraction of sp³-hybridized carbons (Fsp3) is 0.714. The number of nitrogens with one attached hydrogen (secondary N) is 1. The molecule has 1 saturated heterocycles. The molecule has 1 aromatic rings. The van der Waals surface area contributed by atoms with Gasteiger partial charge in [-0.1, -0.05) is 39.7 Å². The minimum absolute atomic E-state index is 0. The number of likely N-dealkylation sites (N-methyl/N-ethyl adjacent to an activating group) is 1. The minimum Gasteiger partial charge on any atom is -0.370 e. The molecule has 2 heterocycles. The van der Waals surface area contributed by atoms with Crippen LogP contribution in [0, 0.1) is 5.92 Å². The zero-order chi connectivity index (χ0) is 19.6. The highest BCUT2D eigenvalue weighted by atomic mass is 127. The first-order chi connectivity index (χ1) is 13.0. The Bertz CT molecular complexity index is 567. The van der Waals surface area contributed by atoms with Crippen LogP contribution in [0.15, 0.2) is 23.3 Å². The van der Waals surface area contributed by atoms with Crippen LogP contribution in [-0.2, 0) is 6.54 Å². The zero-order valence-corrected chi connectivity index (χ0v) is 20.4. The van der Waals surface area contributed by atoms with Crippen LogP contribution in [0.1, 0.15) is 52.5 Å². The number of rotatable bonds is 9. The van der Waals surface area contributed by atoms with Crippen molar-refractivity contribution in [3.8, 4) is 0 Å². The quantitative estimate of drug-likeness (QED) is 0.308. The van der Waals surface area contributed by atoms with E-state index < -0.39 is 0 Å². The van der Waals surface area contributed by atoms with E-state index in [0.717, 1.165) is 56.4 Å². The lowest BCUT2D eigenvalue weighted by Crippen LogP contribution is -2.46. The topological polar surface area (TPSA) is 69.8 Å². The van der Waals surface area contributed by atoms with Crippen molar-refractivity contribution < 1.29 is 0 Å². The van der Waals surface area contributed by atoms with Crippen LogP contribution in [0.5, 0.6) is 0 Å². The van der Waals surface area contributed by atoms with Crippen LogP contribution in [0.3, 0.4) is 0 Å². The van der Waals surface area contributed by atoms with Crippen LogP contribution in [0.4, 0.5) is 5.82 Å². The van der Waals surface area contributed by atoms with Crippen molar-refractivity contribution in [2.75, 3.05) is 37.6 Å². The van der Waals surface area contributed by atoms with Gasteiger partial charge in [-0.15, -0.1) is 24.0 Å². The lowest BCUT2D eigenvalue weighted by Gasteiger charge is -2.34. The molecule has 0 spiro atoms. The molecule has 0 aromatic carbocycles. The molecule has 6 nitrogen and oxygen atoms in total. The first-order valence-corrected chi connectivity index (χ1v) is 10.5. The molecule has 2 rings (SSSR count). The summed E-state index contributed by atoms with van der Waals surface area (Å²) in [7, 11) is 0. The highest BCUT2D eigenvalue weighted by Gasteiger charge is 2.16. The minimum atomic E-state index is 0. The highest BCUT2D eigenvalue weighted by molar-refractivity contribution is 14.0. The average Bonchev–Trinajstić information content (AvgIpc) is 2.66. The van der Waals surface area contributed by atoms with E-state index in [4.69, 9.17) is 5.73 Å². The number of nitrogens with zero attached hydrogens (tertiary/aromatic N) is 4. The van der Waals surface area contributed by atoms with E-state index in [2.05, 4.69) is 64.9 Å². The van der Waals surface area contributed by atoms with Crippen LogP contribution >= 0.6 is 24.0 Å².